The zero-order valence-electron chi connectivity index (χ0n) is 14.5. The molecule has 130 valence electrons. The van der Waals surface area contributed by atoms with Crippen LogP contribution in [0.2, 0.25) is 0 Å². The molecule has 1 amide bonds. The topological polar surface area (TPSA) is 72.6 Å². The van der Waals surface area contributed by atoms with E-state index in [1.54, 1.807) is 0 Å². The van der Waals surface area contributed by atoms with Gasteiger partial charge in [-0.3, -0.25) is 0 Å². The minimum absolute atomic E-state index is 0.0330. The molecule has 4 nitrogen and oxygen atoms in total. The van der Waals surface area contributed by atoms with Crippen molar-refractivity contribution in [3.63, 3.8) is 0 Å². The summed E-state index contributed by atoms with van der Waals surface area (Å²) in [7, 11) is 0. The van der Waals surface area contributed by atoms with E-state index in [1.807, 2.05) is 12.1 Å². The van der Waals surface area contributed by atoms with E-state index in [2.05, 4.69) is 19.9 Å². The van der Waals surface area contributed by atoms with Gasteiger partial charge in [-0.2, -0.15) is 0 Å². The minimum atomic E-state index is -0.637. The predicted molar refractivity (Wildman–Crippen MR) is 91.7 cm³/mol. The van der Waals surface area contributed by atoms with Crippen molar-refractivity contribution in [2.75, 3.05) is 0 Å². The maximum absolute atomic E-state index is 11.3. The SMILES string of the molecule is C[C@H]1Cc2cc(O)ccc2C2CC[C@@]3(C)C(CC[C@@H]3OC(N)=O)C21. The van der Waals surface area contributed by atoms with Gasteiger partial charge in [0, 0.05) is 5.41 Å². The Balaban J connectivity index is 1.68. The van der Waals surface area contributed by atoms with Crippen LogP contribution in [0.1, 0.15) is 56.6 Å². The number of hydrogen-bond donors (Lipinski definition) is 2. The first kappa shape index (κ1) is 15.8. The maximum Gasteiger partial charge on any atom is 0.404 e. The Morgan fingerprint density at radius 3 is 2.88 bits per heavy atom. The fourth-order valence-corrected chi connectivity index (χ4v) is 6.25. The molecule has 0 saturated heterocycles. The average molecular weight is 329 g/mol. The predicted octanol–water partition coefficient (Wildman–Crippen LogP) is 3.96. The first-order chi connectivity index (χ1) is 11.4. The van der Waals surface area contributed by atoms with Gasteiger partial charge in [0.25, 0.3) is 0 Å². The van der Waals surface area contributed by atoms with Crippen molar-refractivity contribution in [2.24, 2.45) is 28.9 Å². The molecule has 2 saturated carbocycles. The highest BCUT2D eigenvalue weighted by Gasteiger charge is 2.57. The van der Waals surface area contributed by atoms with Gasteiger partial charge in [-0.15, -0.1) is 0 Å². The summed E-state index contributed by atoms with van der Waals surface area (Å²) in [4.78, 5) is 11.3. The average Bonchev–Trinajstić information content (AvgIpc) is 2.83. The number of fused-ring (bicyclic) bond motifs is 5. The van der Waals surface area contributed by atoms with Crippen molar-refractivity contribution in [1.82, 2.24) is 0 Å². The van der Waals surface area contributed by atoms with E-state index < -0.39 is 6.09 Å². The van der Waals surface area contributed by atoms with Gasteiger partial charge in [0.1, 0.15) is 11.9 Å². The van der Waals surface area contributed by atoms with Crippen LogP contribution in [0.5, 0.6) is 5.75 Å². The molecule has 0 aliphatic heterocycles. The molecule has 1 aromatic rings. The fourth-order valence-electron chi connectivity index (χ4n) is 6.25. The molecule has 3 unspecified atom stereocenters. The molecule has 4 rings (SSSR count). The molecule has 3 aliphatic rings. The third-order valence-corrected chi connectivity index (χ3v) is 7.23. The lowest BCUT2D eigenvalue weighted by molar-refractivity contribution is -0.0404. The number of benzene rings is 1. The van der Waals surface area contributed by atoms with Gasteiger partial charge in [0.05, 0.1) is 0 Å². The van der Waals surface area contributed by atoms with Crippen LogP contribution in [0.3, 0.4) is 0 Å². The Morgan fingerprint density at radius 1 is 1.33 bits per heavy atom. The second-order valence-electron chi connectivity index (χ2n) is 8.40. The first-order valence-corrected chi connectivity index (χ1v) is 9.18. The lowest BCUT2D eigenvalue weighted by Gasteiger charge is -2.52. The normalized spacial score (nSPS) is 40.3. The van der Waals surface area contributed by atoms with Gasteiger partial charge in [-0.25, -0.2) is 4.79 Å². The van der Waals surface area contributed by atoms with Gasteiger partial charge in [-0.05, 0) is 79.0 Å². The van der Waals surface area contributed by atoms with Gasteiger partial charge in [0.2, 0.25) is 0 Å². The lowest BCUT2D eigenvalue weighted by Crippen LogP contribution is -2.47. The van der Waals surface area contributed by atoms with E-state index in [9.17, 15) is 9.90 Å². The number of primary amides is 1. The number of ether oxygens (including phenoxy) is 1. The van der Waals surface area contributed by atoms with Crippen LogP contribution in [-0.4, -0.2) is 17.3 Å². The molecule has 2 fully saturated rings. The molecular formula is C20H27NO3. The van der Waals surface area contributed by atoms with Crippen LogP contribution in [0.25, 0.3) is 0 Å². The van der Waals surface area contributed by atoms with Crippen molar-refractivity contribution < 1.29 is 14.6 Å². The van der Waals surface area contributed by atoms with E-state index in [4.69, 9.17) is 10.5 Å². The standard InChI is InChI=1S/C20H27NO3/c1-11-9-12-10-13(22)3-4-14(12)15-7-8-20(2)16(18(11)15)5-6-17(20)24-19(21)23/h3-4,10-11,15-18,22H,5-9H2,1-2H3,(H2,21,23)/t11-,15?,16?,17-,18?,20-/m0/s1. The van der Waals surface area contributed by atoms with Crippen molar-refractivity contribution in [2.45, 2.75) is 58.0 Å². The monoisotopic (exact) mass is 329 g/mol. The molecule has 6 atom stereocenters. The van der Waals surface area contributed by atoms with E-state index >= 15 is 0 Å². The molecular weight excluding hydrogens is 302 g/mol. The molecule has 0 radical (unpaired) electrons. The van der Waals surface area contributed by atoms with Crippen molar-refractivity contribution in [1.29, 1.82) is 0 Å². The summed E-state index contributed by atoms with van der Waals surface area (Å²) in [6, 6.07) is 5.90. The number of aromatic hydroxyl groups is 1. The van der Waals surface area contributed by atoms with Crippen LogP contribution in [-0.2, 0) is 11.2 Å². The van der Waals surface area contributed by atoms with Crippen LogP contribution >= 0.6 is 0 Å². The summed E-state index contributed by atoms with van der Waals surface area (Å²) in [5.74, 6) is 2.73. The van der Waals surface area contributed by atoms with E-state index in [0.29, 0.717) is 29.4 Å². The van der Waals surface area contributed by atoms with Gasteiger partial charge in [0.15, 0.2) is 0 Å². The van der Waals surface area contributed by atoms with Crippen LogP contribution in [0, 0.1) is 23.2 Å². The molecule has 0 heterocycles. The van der Waals surface area contributed by atoms with Crippen molar-refractivity contribution >= 4 is 6.09 Å². The van der Waals surface area contributed by atoms with E-state index in [-0.39, 0.29) is 11.5 Å². The number of phenolic OH excluding ortho intramolecular Hbond substituents is 1. The number of phenols is 1. The Labute approximate surface area is 143 Å². The van der Waals surface area contributed by atoms with Gasteiger partial charge < -0.3 is 15.6 Å². The summed E-state index contributed by atoms with van der Waals surface area (Å²) in [5.41, 5.74) is 8.10. The number of carbonyl (C=O) groups is 1. The molecule has 24 heavy (non-hydrogen) atoms. The summed E-state index contributed by atoms with van der Waals surface area (Å²) >= 11 is 0. The minimum Gasteiger partial charge on any atom is -0.508 e. The summed E-state index contributed by atoms with van der Waals surface area (Å²) in [6.45, 7) is 4.65. The number of rotatable bonds is 1. The Morgan fingerprint density at radius 2 is 2.12 bits per heavy atom. The highest BCUT2D eigenvalue weighted by atomic mass is 16.6. The molecule has 0 aromatic heterocycles. The lowest BCUT2D eigenvalue weighted by atomic mass is 9.53. The zero-order valence-corrected chi connectivity index (χ0v) is 14.5. The van der Waals surface area contributed by atoms with Crippen LogP contribution in [0.15, 0.2) is 18.2 Å². The third kappa shape index (κ3) is 2.22. The van der Waals surface area contributed by atoms with Gasteiger partial charge in [-0.1, -0.05) is 19.9 Å². The second-order valence-corrected chi connectivity index (χ2v) is 8.40. The molecule has 4 heteroatoms. The fraction of sp³-hybridized carbons (Fsp3) is 0.650. The van der Waals surface area contributed by atoms with Crippen LogP contribution < -0.4 is 5.73 Å². The van der Waals surface area contributed by atoms with E-state index in [0.717, 1.165) is 32.1 Å². The highest BCUT2D eigenvalue weighted by Crippen LogP contribution is 2.62. The number of hydrogen-bond acceptors (Lipinski definition) is 3. The number of amides is 1. The third-order valence-electron chi connectivity index (χ3n) is 7.23. The Kier molecular flexibility index (Phi) is 3.55. The number of carbonyl (C=O) groups excluding carboxylic acids is 1. The highest BCUT2D eigenvalue weighted by molar-refractivity contribution is 5.65. The molecule has 1 aromatic carbocycles. The smallest absolute Gasteiger partial charge is 0.404 e. The summed E-state index contributed by atoms with van der Waals surface area (Å²) < 4.78 is 5.49. The maximum atomic E-state index is 11.3. The molecule has 3 aliphatic carbocycles. The van der Waals surface area contributed by atoms with Crippen molar-refractivity contribution in [3.8, 4) is 5.75 Å². The summed E-state index contributed by atoms with van der Waals surface area (Å²) in [5, 5.41) is 9.82. The quantitative estimate of drug-likeness (QED) is 0.819. The van der Waals surface area contributed by atoms with Crippen molar-refractivity contribution in [3.05, 3.63) is 29.3 Å². The summed E-state index contributed by atoms with van der Waals surface area (Å²) in [6.07, 6.45) is 4.60. The first-order valence-electron chi connectivity index (χ1n) is 9.18. The number of nitrogens with two attached hydrogens (primary N) is 1. The van der Waals surface area contributed by atoms with Gasteiger partial charge >= 0.3 is 6.09 Å². The zero-order chi connectivity index (χ0) is 17.1. The van der Waals surface area contributed by atoms with E-state index in [1.165, 1.54) is 11.1 Å². The molecule has 3 N–H and O–H groups in total. The molecule has 0 bridgehead atoms. The molecule has 0 spiro atoms. The Hall–Kier alpha value is -1.71. The van der Waals surface area contributed by atoms with Crippen LogP contribution in [0.4, 0.5) is 4.79 Å². The Bertz CT molecular complexity index is 673. The largest absolute Gasteiger partial charge is 0.508 e. The second kappa shape index (κ2) is 5.40.